The van der Waals surface area contributed by atoms with E-state index in [4.69, 9.17) is 0 Å². The van der Waals surface area contributed by atoms with E-state index in [1.807, 2.05) is 6.07 Å². The molecule has 0 atom stereocenters. The zero-order chi connectivity index (χ0) is 19.5. The van der Waals surface area contributed by atoms with Gasteiger partial charge in [0, 0.05) is 6.04 Å². The van der Waals surface area contributed by atoms with Gasteiger partial charge in [0.25, 0.3) is 5.91 Å². The van der Waals surface area contributed by atoms with Gasteiger partial charge in [0.1, 0.15) is 17.3 Å². The van der Waals surface area contributed by atoms with Gasteiger partial charge in [-0.15, -0.1) is 0 Å². The van der Waals surface area contributed by atoms with Crippen LogP contribution >= 0.6 is 11.8 Å². The third-order valence-electron chi connectivity index (χ3n) is 5.01. The lowest BCUT2D eigenvalue weighted by Crippen LogP contribution is -2.40. The van der Waals surface area contributed by atoms with Crippen LogP contribution < -0.4 is 0 Å². The molecule has 2 aliphatic rings. The zero-order valence-corrected chi connectivity index (χ0v) is 16.2. The first-order valence-electron chi connectivity index (χ1n) is 9.47. The summed E-state index contributed by atoms with van der Waals surface area (Å²) in [5.41, 5.74) is 0.976. The normalized spacial score (nSPS) is 21.0. The van der Waals surface area contributed by atoms with Crippen molar-refractivity contribution in [1.29, 1.82) is 0 Å². The minimum Gasteiger partial charge on any atom is -0.508 e. The highest BCUT2D eigenvalue weighted by atomic mass is 32.2. The number of hydrogen-bond acceptors (Lipinski definition) is 4. The highest BCUT2D eigenvalue weighted by molar-refractivity contribution is 8.18. The zero-order valence-electron chi connectivity index (χ0n) is 15.3. The van der Waals surface area contributed by atoms with E-state index in [2.05, 4.69) is 4.99 Å². The average Bonchev–Trinajstić information content (AvgIpc) is 2.99. The van der Waals surface area contributed by atoms with Crippen molar-refractivity contribution in [3.05, 3.63) is 64.8 Å². The fraction of sp³-hybridized carbons (Fsp3) is 0.273. The third-order valence-corrected chi connectivity index (χ3v) is 6.00. The van der Waals surface area contributed by atoms with Gasteiger partial charge in [0.05, 0.1) is 4.91 Å². The van der Waals surface area contributed by atoms with E-state index >= 15 is 0 Å². The standard InChI is InChI=1S/C22H21FN2O2S/c23-18-11-4-5-12-19(18)24-22-25(16-8-2-1-3-9-16)21(27)20(28-22)14-15-7-6-10-17(26)13-15/h4-7,10-14,16,26H,1-3,8-9H2/b20-14-,24-22?. The lowest BCUT2D eigenvalue weighted by Gasteiger charge is -2.30. The third kappa shape index (κ3) is 3.97. The lowest BCUT2D eigenvalue weighted by atomic mass is 9.94. The van der Waals surface area contributed by atoms with Gasteiger partial charge in [0.15, 0.2) is 5.17 Å². The molecule has 144 valence electrons. The van der Waals surface area contributed by atoms with Crippen LogP contribution in [0, 0.1) is 5.82 Å². The second-order valence-electron chi connectivity index (χ2n) is 7.02. The minimum absolute atomic E-state index is 0.0920. The minimum atomic E-state index is -0.406. The first-order chi connectivity index (χ1) is 13.6. The number of carbonyl (C=O) groups excluding carboxylic acids is 1. The SMILES string of the molecule is O=C1/C(=C/c2cccc(O)c2)SC(=Nc2ccccc2F)N1C1CCCCC1. The number of thioether (sulfide) groups is 1. The van der Waals surface area contributed by atoms with Crippen molar-refractivity contribution < 1.29 is 14.3 Å². The molecule has 0 spiro atoms. The highest BCUT2D eigenvalue weighted by Crippen LogP contribution is 2.38. The van der Waals surface area contributed by atoms with Gasteiger partial charge in [0.2, 0.25) is 0 Å². The van der Waals surface area contributed by atoms with Crippen LogP contribution in [0.15, 0.2) is 58.4 Å². The Morgan fingerprint density at radius 2 is 1.89 bits per heavy atom. The number of amides is 1. The van der Waals surface area contributed by atoms with Crippen molar-refractivity contribution in [2.75, 3.05) is 0 Å². The molecule has 2 aromatic rings. The van der Waals surface area contributed by atoms with Crippen LogP contribution in [0.4, 0.5) is 10.1 Å². The monoisotopic (exact) mass is 396 g/mol. The van der Waals surface area contributed by atoms with Crippen molar-refractivity contribution in [3.63, 3.8) is 0 Å². The maximum Gasteiger partial charge on any atom is 0.267 e. The number of aromatic hydroxyl groups is 1. The second kappa shape index (κ2) is 8.19. The van der Waals surface area contributed by atoms with E-state index in [9.17, 15) is 14.3 Å². The molecule has 0 aromatic heterocycles. The average molecular weight is 396 g/mol. The number of para-hydroxylation sites is 1. The Kier molecular flexibility index (Phi) is 5.48. The summed E-state index contributed by atoms with van der Waals surface area (Å²) in [5.74, 6) is -0.360. The molecule has 4 rings (SSSR count). The quantitative estimate of drug-likeness (QED) is 0.700. The fourth-order valence-corrected chi connectivity index (χ4v) is 4.69. The molecule has 1 amide bonds. The van der Waals surface area contributed by atoms with Gasteiger partial charge in [-0.1, -0.05) is 43.5 Å². The van der Waals surface area contributed by atoms with E-state index < -0.39 is 5.82 Å². The van der Waals surface area contributed by atoms with Crippen molar-refractivity contribution in [3.8, 4) is 5.75 Å². The summed E-state index contributed by atoms with van der Waals surface area (Å²) >= 11 is 1.26. The molecular formula is C22H21FN2O2S. The molecule has 1 heterocycles. The van der Waals surface area contributed by atoms with Gasteiger partial charge in [-0.25, -0.2) is 9.38 Å². The molecule has 0 bridgehead atoms. The number of benzene rings is 2. The van der Waals surface area contributed by atoms with Gasteiger partial charge in [-0.2, -0.15) is 0 Å². The molecule has 0 unspecified atom stereocenters. The summed E-state index contributed by atoms with van der Waals surface area (Å²) in [5, 5.41) is 10.2. The maximum atomic E-state index is 14.1. The van der Waals surface area contributed by atoms with Gasteiger partial charge < -0.3 is 5.11 Å². The highest BCUT2D eigenvalue weighted by Gasteiger charge is 2.38. The molecule has 1 saturated heterocycles. The molecule has 6 heteroatoms. The van der Waals surface area contributed by atoms with Gasteiger partial charge in [-0.3, -0.25) is 9.69 Å². The van der Waals surface area contributed by atoms with Gasteiger partial charge in [-0.05, 0) is 60.5 Å². The summed E-state index contributed by atoms with van der Waals surface area (Å²) < 4.78 is 14.1. The van der Waals surface area contributed by atoms with Crippen molar-refractivity contribution in [2.24, 2.45) is 4.99 Å². The van der Waals surface area contributed by atoms with Crippen LogP contribution in [-0.4, -0.2) is 27.1 Å². The number of rotatable bonds is 3. The van der Waals surface area contributed by atoms with Crippen molar-refractivity contribution in [2.45, 2.75) is 38.1 Å². The van der Waals surface area contributed by atoms with E-state index in [0.29, 0.717) is 10.1 Å². The van der Waals surface area contributed by atoms with Crippen molar-refractivity contribution >= 4 is 34.6 Å². The van der Waals surface area contributed by atoms with Crippen LogP contribution in [0.3, 0.4) is 0 Å². The molecule has 2 aromatic carbocycles. The summed E-state index contributed by atoms with van der Waals surface area (Å²) in [4.78, 5) is 19.9. The number of phenolic OH excluding ortho intramolecular Hbond substituents is 1. The molecule has 2 fully saturated rings. The molecular weight excluding hydrogens is 375 g/mol. The Bertz CT molecular complexity index is 951. The Morgan fingerprint density at radius 1 is 1.11 bits per heavy atom. The number of carbonyl (C=O) groups is 1. The van der Waals surface area contributed by atoms with Crippen LogP contribution in [0.25, 0.3) is 6.08 Å². The fourth-order valence-electron chi connectivity index (χ4n) is 3.64. The number of nitrogens with zero attached hydrogens (tertiary/aromatic N) is 2. The van der Waals surface area contributed by atoms with E-state index in [0.717, 1.165) is 31.2 Å². The van der Waals surface area contributed by atoms with Gasteiger partial charge >= 0.3 is 0 Å². The topological polar surface area (TPSA) is 52.9 Å². The number of amidine groups is 1. The smallest absolute Gasteiger partial charge is 0.267 e. The lowest BCUT2D eigenvalue weighted by molar-refractivity contribution is -0.124. The molecule has 1 aliphatic heterocycles. The first-order valence-corrected chi connectivity index (χ1v) is 10.3. The molecule has 4 nitrogen and oxygen atoms in total. The van der Waals surface area contributed by atoms with Crippen LogP contribution in [0.1, 0.15) is 37.7 Å². The predicted molar refractivity (Wildman–Crippen MR) is 111 cm³/mol. The summed E-state index contributed by atoms with van der Waals surface area (Å²) in [6.07, 6.45) is 6.96. The molecule has 1 N–H and O–H groups in total. The number of aliphatic imine (C=N–C) groups is 1. The number of halogens is 1. The summed E-state index contributed by atoms with van der Waals surface area (Å²) in [6.45, 7) is 0. The number of phenols is 1. The van der Waals surface area contributed by atoms with Crippen LogP contribution in [-0.2, 0) is 4.79 Å². The Labute approximate surface area is 167 Å². The van der Waals surface area contributed by atoms with Crippen LogP contribution in [0.5, 0.6) is 5.75 Å². The molecule has 28 heavy (non-hydrogen) atoms. The first kappa shape index (κ1) is 18.7. The largest absolute Gasteiger partial charge is 0.508 e. The van der Waals surface area contributed by atoms with Crippen LogP contribution in [0.2, 0.25) is 0 Å². The Morgan fingerprint density at radius 3 is 2.64 bits per heavy atom. The maximum absolute atomic E-state index is 14.1. The molecule has 1 aliphatic carbocycles. The summed E-state index contributed by atoms with van der Waals surface area (Å²) in [6, 6.07) is 13.2. The Hall–Kier alpha value is -2.60. The molecule has 1 saturated carbocycles. The molecule has 0 radical (unpaired) electrons. The number of hydrogen-bond donors (Lipinski definition) is 1. The Balaban J connectivity index is 1.72. The van der Waals surface area contributed by atoms with E-state index in [1.54, 1.807) is 47.4 Å². The van der Waals surface area contributed by atoms with E-state index in [-0.39, 0.29) is 23.4 Å². The summed E-state index contributed by atoms with van der Waals surface area (Å²) in [7, 11) is 0. The predicted octanol–water partition coefficient (Wildman–Crippen LogP) is 5.47. The van der Waals surface area contributed by atoms with E-state index in [1.165, 1.54) is 24.2 Å². The van der Waals surface area contributed by atoms with Crippen molar-refractivity contribution in [1.82, 2.24) is 4.90 Å². The second-order valence-corrected chi connectivity index (χ2v) is 8.03.